The molecule has 0 saturated heterocycles. The Labute approximate surface area is 110 Å². The van der Waals surface area contributed by atoms with Crippen LogP contribution in [0.15, 0.2) is 22.7 Å². The average Bonchev–Trinajstić information content (AvgIpc) is 2.24. The normalized spacial score (nSPS) is 9.71. The van der Waals surface area contributed by atoms with Crippen LogP contribution in [0.4, 0.5) is 5.69 Å². The highest BCUT2D eigenvalue weighted by Gasteiger charge is 2.13. The minimum atomic E-state index is -0.567. The smallest absolute Gasteiger partial charge is 0.271 e. The molecule has 0 radical (unpaired) electrons. The first-order valence-electron chi connectivity index (χ1n) is 4.41. The van der Waals surface area contributed by atoms with E-state index in [-0.39, 0.29) is 28.7 Å². The van der Waals surface area contributed by atoms with E-state index in [2.05, 4.69) is 33.5 Å². The Kier molecular flexibility index (Phi) is 4.53. The molecule has 0 heterocycles. The zero-order chi connectivity index (χ0) is 13.0. The third kappa shape index (κ3) is 4.08. The second-order valence-corrected chi connectivity index (χ2v) is 4.45. The van der Waals surface area contributed by atoms with Crippen LogP contribution in [0, 0.1) is 10.1 Å². The predicted octanol–water partition coefficient (Wildman–Crippen LogP) is 1.37. The van der Waals surface area contributed by atoms with Gasteiger partial charge >= 0.3 is 0 Å². The van der Waals surface area contributed by atoms with Crippen LogP contribution in [-0.4, -0.2) is 22.4 Å². The number of nitrogens with two attached hydrogens (primary N) is 1. The number of carbonyl (C=O) groups excluding carboxylic acids is 1. The molecule has 1 aromatic rings. The summed E-state index contributed by atoms with van der Waals surface area (Å²) in [6, 6.07) is 4.02. The third-order valence-electron chi connectivity index (χ3n) is 1.84. The number of benzene rings is 1. The van der Waals surface area contributed by atoms with Crippen LogP contribution in [-0.2, 0) is 0 Å². The largest absolute Gasteiger partial charge is 0.376 e. The van der Waals surface area contributed by atoms with Crippen LogP contribution in [0.3, 0.4) is 0 Å². The van der Waals surface area contributed by atoms with Crippen molar-refractivity contribution in [3.63, 3.8) is 0 Å². The van der Waals surface area contributed by atoms with Crippen LogP contribution in [0.2, 0.25) is 0 Å². The minimum Gasteiger partial charge on any atom is -0.376 e. The van der Waals surface area contributed by atoms with Gasteiger partial charge in [-0.15, -0.1) is 0 Å². The first kappa shape index (κ1) is 13.5. The van der Waals surface area contributed by atoms with Crippen LogP contribution in [0.1, 0.15) is 10.4 Å². The molecule has 17 heavy (non-hydrogen) atoms. The highest BCUT2D eigenvalue weighted by Crippen LogP contribution is 2.21. The Bertz CT molecular complexity index is 492. The van der Waals surface area contributed by atoms with Crippen molar-refractivity contribution in [3.8, 4) is 0 Å². The standard InChI is InChI=1S/C9H8BrN3O3S/c10-6-1-5(2-7(3-6)13(15)16)8(14)4-12-9(11)17/h1-3H,4H2,(H3,11,12,17). The number of nitrogens with one attached hydrogen (secondary N) is 1. The summed E-state index contributed by atoms with van der Waals surface area (Å²) in [5.74, 6) is -0.331. The maximum Gasteiger partial charge on any atom is 0.271 e. The highest BCUT2D eigenvalue weighted by molar-refractivity contribution is 9.10. The van der Waals surface area contributed by atoms with Crippen molar-refractivity contribution in [2.45, 2.75) is 0 Å². The summed E-state index contributed by atoms with van der Waals surface area (Å²) in [6.07, 6.45) is 0. The van der Waals surface area contributed by atoms with E-state index >= 15 is 0 Å². The van der Waals surface area contributed by atoms with Crippen molar-refractivity contribution in [1.82, 2.24) is 5.32 Å². The fourth-order valence-corrected chi connectivity index (χ4v) is 1.66. The van der Waals surface area contributed by atoms with Crippen molar-refractivity contribution >= 4 is 44.7 Å². The predicted molar refractivity (Wildman–Crippen MR) is 69.9 cm³/mol. The molecular weight excluding hydrogens is 310 g/mol. The van der Waals surface area contributed by atoms with Crippen LogP contribution in [0.5, 0.6) is 0 Å². The summed E-state index contributed by atoms with van der Waals surface area (Å²) in [5.41, 5.74) is 5.24. The number of hydrogen-bond acceptors (Lipinski definition) is 4. The van der Waals surface area contributed by atoms with Gasteiger partial charge in [-0.3, -0.25) is 14.9 Å². The lowest BCUT2D eigenvalue weighted by atomic mass is 10.1. The van der Waals surface area contributed by atoms with E-state index < -0.39 is 4.92 Å². The van der Waals surface area contributed by atoms with E-state index in [1.165, 1.54) is 18.2 Å². The molecule has 0 aromatic heterocycles. The molecule has 90 valence electrons. The van der Waals surface area contributed by atoms with Crippen molar-refractivity contribution < 1.29 is 9.72 Å². The number of halogens is 1. The van der Waals surface area contributed by atoms with Gasteiger partial charge in [0, 0.05) is 22.2 Å². The molecule has 6 nitrogen and oxygen atoms in total. The molecule has 0 amide bonds. The van der Waals surface area contributed by atoms with Crippen LogP contribution >= 0.6 is 28.1 Å². The zero-order valence-electron chi connectivity index (χ0n) is 8.47. The first-order chi connectivity index (χ1) is 7.90. The molecule has 0 saturated carbocycles. The number of thiocarbonyl (C=S) groups is 1. The molecule has 0 aliphatic rings. The van der Waals surface area contributed by atoms with Gasteiger partial charge in [-0.25, -0.2) is 0 Å². The fourth-order valence-electron chi connectivity index (χ4n) is 1.11. The van der Waals surface area contributed by atoms with Crippen molar-refractivity contribution in [2.75, 3.05) is 6.54 Å². The van der Waals surface area contributed by atoms with Gasteiger partial charge in [0.25, 0.3) is 5.69 Å². The molecule has 3 N–H and O–H groups in total. The topological polar surface area (TPSA) is 98.3 Å². The number of nitrogens with zero attached hydrogens (tertiary/aromatic N) is 1. The number of carbonyl (C=O) groups is 1. The molecule has 0 bridgehead atoms. The van der Waals surface area contributed by atoms with E-state index in [0.29, 0.717) is 4.47 Å². The summed E-state index contributed by atoms with van der Waals surface area (Å²) >= 11 is 7.66. The van der Waals surface area contributed by atoms with Gasteiger partial charge in [-0.2, -0.15) is 0 Å². The Hall–Kier alpha value is -1.54. The monoisotopic (exact) mass is 317 g/mol. The van der Waals surface area contributed by atoms with Crippen molar-refractivity contribution in [2.24, 2.45) is 5.73 Å². The summed E-state index contributed by atoms with van der Waals surface area (Å²) in [5, 5.41) is 13.1. The Morgan fingerprint density at radius 3 is 2.71 bits per heavy atom. The van der Waals surface area contributed by atoms with Crippen molar-refractivity contribution in [1.29, 1.82) is 0 Å². The molecule has 8 heteroatoms. The lowest BCUT2D eigenvalue weighted by Gasteiger charge is -2.03. The van der Waals surface area contributed by atoms with Gasteiger partial charge in [0.2, 0.25) is 0 Å². The summed E-state index contributed by atoms with van der Waals surface area (Å²) in [4.78, 5) is 21.7. The minimum absolute atomic E-state index is 0.00264. The first-order valence-corrected chi connectivity index (χ1v) is 5.62. The zero-order valence-corrected chi connectivity index (χ0v) is 10.9. The summed E-state index contributed by atoms with van der Waals surface area (Å²) in [6.45, 7) is -0.0943. The maximum absolute atomic E-state index is 11.7. The van der Waals surface area contributed by atoms with E-state index in [0.717, 1.165) is 0 Å². The molecule has 0 aliphatic heterocycles. The number of hydrogen-bond donors (Lipinski definition) is 2. The molecule has 0 fully saturated rings. The fraction of sp³-hybridized carbons (Fsp3) is 0.111. The van der Waals surface area contributed by atoms with Crippen molar-refractivity contribution in [3.05, 3.63) is 38.3 Å². The molecule has 1 rings (SSSR count). The van der Waals surface area contributed by atoms with Gasteiger partial charge < -0.3 is 11.1 Å². The van der Waals surface area contributed by atoms with Gasteiger partial charge in [0.15, 0.2) is 10.9 Å². The van der Waals surface area contributed by atoms with Crippen LogP contribution < -0.4 is 11.1 Å². The SMILES string of the molecule is NC(=S)NCC(=O)c1cc(Br)cc([N+](=O)[O-])c1. The second kappa shape index (κ2) is 5.69. The lowest BCUT2D eigenvalue weighted by Crippen LogP contribution is -2.33. The lowest BCUT2D eigenvalue weighted by molar-refractivity contribution is -0.384. The highest BCUT2D eigenvalue weighted by atomic mass is 79.9. The van der Waals surface area contributed by atoms with Gasteiger partial charge in [-0.05, 0) is 18.3 Å². The van der Waals surface area contributed by atoms with Crippen LogP contribution in [0.25, 0.3) is 0 Å². The van der Waals surface area contributed by atoms with Gasteiger partial charge in [-0.1, -0.05) is 15.9 Å². The molecule has 0 spiro atoms. The van der Waals surface area contributed by atoms with Gasteiger partial charge in [0.1, 0.15) is 0 Å². The number of Topliss-reactive ketones (excluding diaryl/α,β-unsaturated/α-hetero) is 1. The van der Waals surface area contributed by atoms with E-state index in [1.54, 1.807) is 0 Å². The van der Waals surface area contributed by atoms with E-state index in [1.807, 2.05) is 0 Å². The number of ketones is 1. The Morgan fingerprint density at radius 1 is 1.53 bits per heavy atom. The third-order valence-corrected chi connectivity index (χ3v) is 2.44. The molecule has 0 aliphatic carbocycles. The average molecular weight is 318 g/mol. The van der Waals surface area contributed by atoms with E-state index in [9.17, 15) is 14.9 Å². The Morgan fingerprint density at radius 2 is 2.18 bits per heavy atom. The molecule has 0 unspecified atom stereocenters. The molecule has 0 atom stereocenters. The number of nitro groups is 1. The molecular formula is C9H8BrN3O3S. The maximum atomic E-state index is 11.7. The number of nitro benzene ring substituents is 1. The number of rotatable bonds is 4. The summed E-state index contributed by atoms with van der Waals surface area (Å²) in [7, 11) is 0. The quantitative estimate of drug-likeness (QED) is 0.377. The molecule has 1 aromatic carbocycles. The number of non-ortho nitro benzene ring substituents is 1. The second-order valence-electron chi connectivity index (χ2n) is 3.10. The summed E-state index contributed by atoms with van der Waals surface area (Å²) < 4.78 is 0.463. The van der Waals surface area contributed by atoms with Gasteiger partial charge in [0.05, 0.1) is 11.5 Å². The van der Waals surface area contributed by atoms with E-state index in [4.69, 9.17) is 5.73 Å². The Balaban J connectivity index is 2.93.